The summed E-state index contributed by atoms with van der Waals surface area (Å²) in [5.74, 6) is 1.99. The predicted octanol–water partition coefficient (Wildman–Crippen LogP) is 3.69. The van der Waals surface area contributed by atoms with Gasteiger partial charge in [-0.3, -0.25) is 9.59 Å². The van der Waals surface area contributed by atoms with Crippen LogP contribution in [0.2, 0.25) is 0 Å². The van der Waals surface area contributed by atoms with Crippen molar-refractivity contribution >= 4 is 11.6 Å². The fraction of sp³-hybridized carbons (Fsp3) is 0.810. The van der Waals surface area contributed by atoms with Crippen LogP contribution in [0.1, 0.15) is 65.7 Å². The molecule has 0 aromatic rings. The van der Waals surface area contributed by atoms with Gasteiger partial charge in [0.25, 0.3) is 0 Å². The third-order valence-electron chi connectivity index (χ3n) is 8.38. The van der Waals surface area contributed by atoms with Crippen LogP contribution in [0.5, 0.6) is 0 Å². The van der Waals surface area contributed by atoms with E-state index in [1.165, 1.54) is 5.57 Å². The molecule has 0 spiro atoms. The highest BCUT2D eigenvalue weighted by Gasteiger charge is 2.62. The van der Waals surface area contributed by atoms with Crippen LogP contribution in [0, 0.1) is 34.5 Å². The molecule has 4 aliphatic carbocycles. The van der Waals surface area contributed by atoms with E-state index >= 15 is 0 Å². The molecule has 0 amide bonds. The highest BCUT2D eigenvalue weighted by Crippen LogP contribution is 2.66. The number of aliphatic hydroxyl groups excluding tert-OH is 1. The summed E-state index contributed by atoms with van der Waals surface area (Å²) < 4.78 is 0. The second-order valence-electron chi connectivity index (χ2n) is 9.41. The number of hydrogen-bond donors (Lipinski definition) is 1. The lowest BCUT2D eigenvalue weighted by atomic mass is 9.46. The van der Waals surface area contributed by atoms with Crippen LogP contribution in [-0.4, -0.2) is 22.8 Å². The maximum absolute atomic E-state index is 12.2. The third-order valence-corrected chi connectivity index (χ3v) is 8.38. The van der Waals surface area contributed by atoms with Crippen molar-refractivity contribution in [2.75, 3.05) is 0 Å². The first-order valence-corrected chi connectivity index (χ1v) is 9.70. The van der Waals surface area contributed by atoms with Crippen LogP contribution in [0.3, 0.4) is 0 Å². The highest BCUT2D eigenvalue weighted by atomic mass is 16.3. The first-order valence-electron chi connectivity index (χ1n) is 9.70. The first kappa shape index (κ1) is 16.5. The Labute approximate surface area is 144 Å². The SMILES string of the molecule is CC(=O)[C@H]1CCC2[C@@H]3CCC4=CC(=O)CC[C@]4(C)C3[C@H](O)C[C@@]21C. The van der Waals surface area contributed by atoms with Crippen molar-refractivity contribution in [1.29, 1.82) is 0 Å². The van der Waals surface area contributed by atoms with Crippen LogP contribution in [-0.2, 0) is 9.59 Å². The Morgan fingerprint density at radius 2 is 1.96 bits per heavy atom. The van der Waals surface area contributed by atoms with Crippen LogP contribution in [0.15, 0.2) is 11.6 Å². The fourth-order valence-electron chi connectivity index (χ4n) is 7.35. The summed E-state index contributed by atoms with van der Waals surface area (Å²) in [7, 11) is 0. The molecule has 3 heteroatoms. The molecule has 1 N–H and O–H groups in total. The molecular weight excluding hydrogens is 300 g/mol. The van der Waals surface area contributed by atoms with Gasteiger partial charge in [0.15, 0.2) is 5.78 Å². The van der Waals surface area contributed by atoms with Gasteiger partial charge in [0.2, 0.25) is 0 Å². The van der Waals surface area contributed by atoms with Gasteiger partial charge in [0.05, 0.1) is 6.10 Å². The van der Waals surface area contributed by atoms with Gasteiger partial charge in [-0.15, -0.1) is 0 Å². The highest BCUT2D eigenvalue weighted by molar-refractivity contribution is 5.91. The standard InChI is InChI=1S/C21H30O3/c1-12(22)16-6-7-17-15-5-4-13-10-14(23)8-9-20(13,2)19(15)18(24)11-21(16,17)3/h10,15-19,24H,4-9,11H2,1-3H3/t15-,16+,17?,18+,19?,20-,21+/m0/s1. The monoisotopic (exact) mass is 330 g/mol. The molecule has 2 unspecified atom stereocenters. The molecule has 0 aliphatic heterocycles. The molecule has 3 saturated carbocycles. The van der Waals surface area contributed by atoms with Gasteiger partial charge >= 0.3 is 0 Å². The molecule has 7 atom stereocenters. The van der Waals surface area contributed by atoms with Crippen molar-refractivity contribution < 1.29 is 14.7 Å². The Bertz CT molecular complexity index is 621. The maximum atomic E-state index is 12.2. The predicted molar refractivity (Wildman–Crippen MR) is 92.3 cm³/mol. The van der Waals surface area contributed by atoms with Crippen molar-refractivity contribution in [3.8, 4) is 0 Å². The number of carbonyl (C=O) groups excluding carboxylic acids is 2. The number of hydrogen-bond acceptors (Lipinski definition) is 3. The van der Waals surface area contributed by atoms with E-state index < -0.39 is 0 Å². The van der Waals surface area contributed by atoms with Crippen molar-refractivity contribution in [2.45, 2.75) is 71.8 Å². The zero-order valence-electron chi connectivity index (χ0n) is 15.2. The number of carbonyl (C=O) groups is 2. The van der Waals surface area contributed by atoms with Crippen molar-refractivity contribution in [3.05, 3.63) is 11.6 Å². The van der Waals surface area contributed by atoms with Crippen molar-refractivity contribution in [2.24, 2.45) is 34.5 Å². The van der Waals surface area contributed by atoms with E-state index in [1.54, 1.807) is 6.92 Å². The van der Waals surface area contributed by atoms with Crippen molar-refractivity contribution in [1.82, 2.24) is 0 Å². The molecule has 3 fully saturated rings. The number of rotatable bonds is 1. The van der Waals surface area contributed by atoms with Crippen LogP contribution in [0.25, 0.3) is 0 Å². The largest absolute Gasteiger partial charge is 0.393 e. The average Bonchev–Trinajstić information content (AvgIpc) is 2.84. The Kier molecular flexibility index (Phi) is 3.62. The van der Waals surface area contributed by atoms with E-state index in [4.69, 9.17) is 0 Å². The van der Waals surface area contributed by atoms with Gasteiger partial charge in [-0.2, -0.15) is 0 Å². The number of aliphatic hydroxyl groups is 1. The van der Waals surface area contributed by atoms with E-state index in [1.807, 2.05) is 6.08 Å². The summed E-state index contributed by atoms with van der Waals surface area (Å²) in [4.78, 5) is 24.0. The van der Waals surface area contributed by atoms with Gasteiger partial charge in [0.1, 0.15) is 5.78 Å². The van der Waals surface area contributed by atoms with Gasteiger partial charge in [-0.25, -0.2) is 0 Å². The van der Waals surface area contributed by atoms with E-state index in [0.717, 1.165) is 38.5 Å². The Hall–Kier alpha value is -0.960. The van der Waals surface area contributed by atoms with Gasteiger partial charge in [0, 0.05) is 12.3 Å². The quantitative estimate of drug-likeness (QED) is 0.797. The van der Waals surface area contributed by atoms with E-state index in [9.17, 15) is 14.7 Å². The topological polar surface area (TPSA) is 54.4 Å². The minimum atomic E-state index is -0.349. The molecule has 0 saturated heterocycles. The molecule has 0 aromatic heterocycles. The number of Topliss-reactive ketones (excluding diaryl/α,β-unsaturated/α-hetero) is 1. The average molecular weight is 330 g/mol. The maximum Gasteiger partial charge on any atom is 0.155 e. The molecule has 3 nitrogen and oxygen atoms in total. The smallest absolute Gasteiger partial charge is 0.155 e. The van der Waals surface area contributed by atoms with E-state index in [-0.39, 0.29) is 34.6 Å². The second-order valence-corrected chi connectivity index (χ2v) is 9.41. The number of allylic oxidation sites excluding steroid dienone is 1. The normalized spacial score (nSPS) is 50.6. The molecule has 0 radical (unpaired) electrons. The van der Waals surface area contributed by atoms with E-state index in [2.05, 4.69) is 13.8 Å². The Morgan fingerprint density at radius 3 is 2.67 bits per heavy atom. The summed E-state index contributed by atoms with van der Waals surface area (Å²) >= 11 is 0. The van der Waals surface area contributed by atoms with E-state index in [0.29, 0.717) is 24.0 Å². The van der Waals surface area contributed by atoms with Gasteiger partial charge < -0.3 is 5.11 Å². The minimum absolute atomic E-state index is 0.0219. The lowest BCUT2D eigenvalue weighted by Gasteiger charge is -2.59. The fourth-order valence-corrected chi connectivity index (χ4v) is 7.35. The minimum Gasteiger partial charge on any atom is -0.393 e. The van der Waals surface area contributed by atoms with Crippen LogP contribution < -0.4 is 0 Å². The van der Waals surface area contributed by atoms with Crippen LogP contribution >= 0.6 is 0 Å². The number of fused-ring (bicyclic) bond motifs is 5. The molecule has 4 aliphatic rings. The first-order chi connectivity index (χ1) is 11.3. The molecule has 24 heavy (non-hydrogen) atoms. The zero-order chi connectivity index (χ0) is 17.3. The number of ketones is 2. The van der Waals surface area contributed by atoms with Gasteiger partial charge in [-0.05, 0) is 80.1 Å². The summed E-state index contributed by atoms with van der Waals surface area (Å²) in [5.41, 5.74) is 1.23. The van der Waals surface area contributed by atoms with Crippen molar-refractivity contribution in [3.63, 3.8) is 0 Å². The third kappa shape index (κ3) is 2.06. The molecular formula is C21H30O3. The van der Waals surface area contributed by atoms with Crippen LogP contribution in [0.4, 0.5) is 0 Å². The molecule has 132 valence electrons. The lowest BCUT2D eigenvalue weighted by Crippen LogP contribution is -2.56. The Morgan fingerprint density at radius 1 is 1.21 bits per heavy atom. The summed E-state index contributed by atoms with van der Waals surface area (Å²) in [6, 6.07) is 0. The zero-order valence-corrected chi connectivity index (χ0v) is 15.2. The molecule has 0 aromatic carbocycles. The second kappa shape index (κ2) is 5.27. The van der Waals surface area contributed by atoms with Gasteiger partial charge in [-0.1, -0.05) is 19.4 Å². The summed E-state index contributed by atoms with van der Waals surface area (Å²) in [5, 5.41) is 11.2. The molecule has 4 rings (SSSR count). The summed E-state index contributed by atoms with van der Waals surface area (Å²) in [6.07, 6.45) is 7.97. The molecule has 0 bridgehead atoms. The lowest BCUT2D eigenvalue weighted by molar-refractivity contribution is -0.143. The summed E-state index contributed by atoms with van der Waals surface area (Å²) in [6.45, 7) is 6.27. The Balaban J connectivity index is 1.72. The molecule has 0 heterocycles.